The van der Waals surface area contributed by atoms with Gasteiger partial charge in [0.2, 0.25) is 0 Å². The fourth-order valence-electron chi connectivity index (χ4n) is 5.65. The highest BCUT2D eigenvalue weighted by Crippen LogP contribution is 2.61. The average molecular weight is 460 g/mol. The van der Waals surface area contributed by atoms with Gasteiger partial charge in [-0.25, -0.2) is 0 Å². The van der Waals surface area contributed by atoms with Crippen LogP contribution in [-0.2, 0) is 29.0 Å². The Balaban J connectivity index is 1.09. The van der Waals surface area contributed by atoms with Crippen LogP contribution in [0.5, 0.6) is 0 Å². The second kappa shape index (κ2) is 9.14. The van der Waals surface area contributed by atoms with Gasteiger partial charge in [-0.15, -0.1) is 0 Å². The number of aliphatic hydroxyl groups is 1. The third kappa shape index (κ3) is 4.74. The first-order chi connectivity index (χ1) is 16.3. The summed E-state index contributed by atoms with van der Waals surface area (Å²) in [5.74, 6) is -0.476. The normalized spacial score (nSPS) is 21.8. The Kier molecular flexibility index (Phi) is 6.19. The highest BCUT2D eigenvalue weighted by molar-refractivity contribution is 5.83. The summed E-state index contributed by atoms with van der Waals surface area (Å²) in [5, 5.41) is 25.8. The van der Waals surface area contributed by atoms with Gasteiger partial charge in [0, 0.05) is 18.0 Å². The van der Waals surface area contributed by atoms with Gasteiger partial charge < -0.3 is 20.3 Å². The molecule has 0 bridgehead atoms. The van der Waals surface area contributed by atoms with Crippen molar-refractivity contribution in [1.82, 2.24) is 5.32 Å². The summed E-state index contributed by atoms with van der Waals surface area (Å²) in [4.78, 5) is 11.3. The van der Waals surface area contributed by atoms with E-state index in [9.17, 15) is 15.0 Å². The van der Waals surface area contributed by atoms with Gasteiger partial charge in [-0.05, 0) is 65.6 Å². The van der Waals surface area contributed by atoms with Gasteiger partial charge in [0.25, 0.3) is 0 Å². The molecule has 2 aliphatic rings. The van der Waals surface area contributed by atoms with Crippen LogP contribution in [0.4, 0.5) is 0 Å². The highest BCUT2D eigenvalue weighted by atomic mass is 16.5. The van der Waals surface area contributed by atoms with E-state index in [4.69, 9.17) is 4.74 Å². The number of nitrogens with one attached hydrogen (secondary N) is 1. The minimum Gasteiger partial charge on any atom is -0.481 e. The van der Waals surface area contributed by atoms with Crippen LogP contribution >= 0.6 is 0 Å². The van der Waals surface area contributed by atoms with Crippen molar-refractivity contribution in [2.45, 2.75) is 50.9 Å². The molecular weight excluding hydrogens is 426 g/mol. The molecule has 5 heteroatoms. The number of rotatable bonds is 10. The van der Waals surface area contributed by atoms with E-state index in [2.05, 4.69) is 73.8 Å². The van der Waals surface area contributed by atoms with Crippen LogP contribution in [0, 0.1) is 11.8 Å². The molecule has 0 heterocycles. The summed E-state index contributed by atoms with van der Waals surface area (Å²) >= 11 is 0. The number of aliphatic hydroxyl groups excluding tert-OH is 1. The quantitative estimate of drug-likeness (QED) is 0.421. The summed E-state index contributed by atoms with van der Waals surface area (Å²) in [5.41, 5.74) is 4.65. The fraction of sp³-hybridized carbons (Fsp3) is 0.414. The minimum atomic E-state index is -0.679. The molecule has 3 aromatic rings. The maximum atomic E-state index is 11.3. The summed E-state index contributed by atoms with van der Waals surface area (Å²) in [6.45, 7) is 5.46. The van der Waals surface area contributed by atoms with Crippen molar-refractivity contribution in [3.8, 4) is 0 Å². The molecule has 0 radical (unpaired) electrons. The third-order valence-corrected chi connectivity index (χ3v) is 7.41. The molecule has 0 amide bonds. The van der Waals surface area contributed by atoms with Crippen molar-refractivity contribution >= 4 is 16.7 Å². The summed E-state index contributed by atoms with van der Waals surface area (Å²) in [7, 11) is 0. The molecule has 5 rings (SSSR count). The molecule has 34 heavy (non-hydrogen) atoms. The molecule has 0 unspecified atom stereocenters. The van der Waals surface area contributed by atoms with Crippen LogP contribution in [0.2, 0.25) is 0 Å². The van der Waals surface area contributed by atoms with E-state index in [1.54, 1.807) is 0 Å². The van der Waals surface area contributed by atoms with E-state index in [1.807, 2.05) is 6.07 Å². The predicted octanol–water partition coefficient (Wildman–Crippen LogP) is 4.30. The van der Waals surface area contributed by atoms with Gasteiger partial charge in [0.05, 0.1) is 25.2 Å². The van der Waals surface area contributed by atoms with E-state index >= 15 is 0 Å². The van der Waals surface area contributed by atoms with E-state index in [0.29, 0.717) is 13.2 Å². The fourth-order valence-corrected chi connectivity index (χ4v) is 5.65. The molecule has 5 nitrogen and oxygen atoms in total. The van der Waals surface area contributed by atoms with Crippen LogP contribution < -0.4 is 5.32 Å². The van der Waals surface area contributed by atoms with E-state index in [1.165, 1.54) is 27.5 Å². The zero-order valence-corrected chi connectivity index (χ0v) is 19.8. The highest BCUT2D eigenvalue weighted by Gasteiger charge is 2.59. The zero-order chi connectivity index (χ0) is 23.9. The lowest BCUT2D eigenvalue weighted by atomic mass is 9.93. The maximum absolute atomic E-state index is 11.3. The van der Waals surface area contributed by atoms with Crippen LogP contribution in [-0.4, -0.2) is 41.0 Å². The number of hydrogen-bond acceptors (Lipinski definition) is 4. The lowest BCUT2D eigenvalue weighted by molar-refractivity contribution is -0.139. The molecule has 1 saturated carbocycles. The molecule has 4 atom stereocenters. The van der Waals surface area contributed by atoms with E-state index in [0.717, 1.165) is 18.4 Å². The van der Waals surface area contributed by atoms with Crippen molar-refractivity contribution in [3.63, 3.8) is 0 Å². The molecular formula is C29H33NO4. The molecule has 2 aliphatic carbocycles. The summed E-state index contributed by atoms with van der Waals surface area (Å²) in [6.07, 6.45) is 1.09. The van der Waals surface area contributed by atoms with Crippen molar-refractivity contribution in [1.29, 1.82) is 0 Å². The summed E-state index contributed by atoms with van der Waals surface area (Å²) in [6, 6.07) is 21.0. The van der Waals surface area contributed by atoms with Gasteiger partial charge in [0.15, 0.2) is 0 Å². The van der Waals surface area contributed by atoms with Gasteiger partial charge in [-0.1, -0.05) is 60.7 Å². The Morgan fingerprint density at radius 3 is 2.71 bits per heavy atom. The van der Waals surface area contributed by atoms with Crippen LogP contribution in [0.1, 0.15) is 42.0 Å². The average Bonchev–Trinajstić information content (AvgIpc) is 3.40. The second-order valence-electron chi connectivity index (χ2n) is 10.5. The van der Waals surface area contributed by atoms with E-state index in [-0.39, 0.29) is 29.9 Å². The topological polar surface area (TPSA) is 78.8 Å². The summed E-state index contributed by atoms with van der Waals surface area (Å²) < 4.78 is 5.86. The molecule has 0 spiro atoms. The number of ether oxygens (including phenoxy) is 1. The molecule has 0 aliphatic heterocycles. The minimum absolute atomic E-state index is 0.161. The second-order valence-corrected chi connectivity index (χ2v) is 10.5. The lowest BCUT2D eigenvalue weighted by Crippen LogP contribution is -2.46. The Hall–Kier alpha value is -2.73. The molecule has 3 N–H and O–H groups in total. The van der Waals surface area contributed by atoms with Gasteiger partial charge in [-0.3, -0.25) is 4.79 Å². The van der Waals surface area contributed by atoms with Gasteiger partial charge >= 0.3 is 5.97 Å². The van der Waals surface area contributed by atoms with E-state index < -0.39 is 12.1 Å². The molecule has 0 saturated heterocycles. The van der Waals surface area contributed by atoms with Crippen molar-refractivity contribution in [2.24, 2.45) is 11.8 Å². The Labute approximate surface area is 200 Å². The molecule has 1 fully saturated rings. The standard InChI is InChI=1S/C29H33NO4/c1-29(2,14-18-10-11-19-6-3-4-7-20(19)12-18)30-15-22(31)17-34-16-21-8-5-9-23-24(21)13-25-26(23)27(25)28(32)33/h3-12,22,25-27,30-31H,13-17H2,1-2H3,(H,32,33)/t22-,25+,26-,27-/m1/s1. The number of carboxylic acids is 1. The first-order valence-corrected chi connectivity index (χ1v) is 12.1. The maximum Gasteiger partial charge on any atom is 0.307 e. The number of benzene rings is 3. The Morgan fingerprint density at radius 1 is 1.12 bits per heavy atom. The first-order valence-electron chi connectivity index (χ1n) is 12.1. The number of aliphatic carboxylic acids is 1. The molecule has 0 aromatic heterocycles. The predicted molar refractivity (Wildman–Crippen MR) is 133 cm³/mol. The first kappa shape index (κ1) is 23.0. The van der Waals surface area contributed by atoms with Crippen LogP contribution in [0.15, 0.2) is 60.7 Å². The molecule has 3 aromatic carbocycles. The SMILES string of the molecule is CC(C)(Cc1ccc2ccccc2c1)NC[C@@H](O)COCc1cccc2c1C[C@@H]1[C@@H](C(=O)O)[C@H]21. The largest absolute Gasteiger partial charge is 0.481 e. The number of β-amino-alcohol motifs (C(OH)–C–C–N with tert-alkyl or cyclic N) is 1. The number of carboxylic acid groups (broad SMARTS) is 1. The zero-order valence-electron chi connectivity index (χ0n) is 19.8. The number of hydrogen-bond donors (Lipinski definition) is 3. The van der Waals surface area contributed by atoms with Gasteiger partial charge in [-0.2, -0.15) is 0 Å². The van der Waals surface area contributed by atoms with Crippen molar-refractivity contribution in [2.75, 3.05) is 13.2 Å². The van der Waals surface area contributed by atoms with Crippen LogP contribution in [0.25, 0.3) is 10.8 Å². The lowest BCUT2D eigenvalue weighted by Gasteiger charge is -2.28. The third-order valence-electron chi connectivity index (χ3n) is 7.41. The van der Waals surface area contributed by atoms with Crippen molar-refractivity contribution in [3.05, 3.63) is 82.9 Å². The van der Waals surface area contributed by atoms with Crippen LogP contribution in [0.3, 0.4) is 0 Å². The Bertz CT molecular complexity index is 1200. The number of carbonyl (C=O) groups is 1. The number of fused-ring (bicyclic) bond motifs is 4. The Morgan fingerprint density at radius 2 is 1.91 bits per heavy atom. The van der Waals surface area contributed by atoms with Crippen molar-refractivity contribution < 1.29 is 19.7 Å². The molecule has 178 valence electrons. The monoisotopic (exact) mass is 459 g/mol. The smallest absolute Gasteiger partial charge is 0.307 e. The van der Waals surface area contributed by atoms with Gasteiger partial charge in [0.1, 0.15) is 0 Å².